The molecule has 2 unspecified atom stereocenters. The van der Waals surface area contributed by atoms with Gasteiger partial charge >= 0.3 is 0 Å². The molecule has 1 aliphatic heterocycles. The summed E-state index contributed by atoms with van der Waals surface area (Å²) in [6.45, 7) is 6.96. The quantitative estimate of drug-likeness (QED) is 0.905. The van der Waals surface area contributed by atoms with Gasteiger partial charge in [0.15, 0.2) is 0 Å². The third-order valence-electron chi connectivity index (χ3n) is 3.59. The molecule has 1 aliphatic rings. The molecular formula is C15H23N3O. The summed E-state index contributed by atoms with van der Waals surface area (Å²) in [4.78, 5) is 18.4. The van der Waals surface area contributed by atoms with E-state index < -0.39 is 0 Å². The number of hydrogen-bond donors (Lipinski definition) is 1. The minimum absolute atomic E-state index is 0.000885. The first-order chi connectivity index (χ1) is 8.99. The molecule has 0 saturated carbocycles. The van der Waals surface area contributed by atoms with Gasteiger partial charge in [-0.1, -0.05) is 19.9 Å². The normalized spacial score (nSPS) is 24.1. The van der Waals surface area contributed by atoms with E-state index in [0.717, 1.165) is 24.2 Å². The number of hydrogen-bond acceptors (Lipinski definition) is 3. The number of aromatic nitrogens is 1. The predicted octanol–water partition coefficient (Wildman–Crippen LogP) is 2.04. The lowest BCUT2D eigenvalue weighted by Gasteiger charge is -2.40. The van der Waals surface area contributed by atoms with Crippen LogP contribution in [0.15, 0.2) is 18.3 Å². The smallest absolute Gasteiger partial charge is 0.223 e. The number of aryl methyl sites for hydroxylation is 1. The minimum Gasteiger partial charge on any atom is -0.334 e. The first-order valence-electron chi connectivity index (χ1n) is 6.96. The molecule has 2 heterocycles. The average molecular weight is 261 g/mol. The van der Waals surface area contributed by atoms with Crippen LogP contribution < -0.4 is 5.73 Å². The van der Waals surface area contributed by atoms with Crippen LogP contribution in [0.25, 0.3) is 0 Å². The number of rotatable bonds is 3. The number of nitrogens with zero attached hydrogens (tertiary/aromatic N) is 2. The molecule has 104 valence electrons. The fourth-order valence-corrected chi connectivity index (χ4v) is 2.67. The molecule has 1 amide bonds. The molecule has 19 heavy (non-hydrogen) atoms. The minimum atomic E-state index is -0.0308. The van der Waals surface area contributed by atoms with E-state index in [4.69, 9.17) is 5.73 Å². The summed E-state index contributed by atoms with van der Waals surface area (Å²) >= 11 is 0. The van der Waals surface area contributed by atoms with Crippen molar-refractivity contribution in [3.05, 3.63) is 29.6 Å². The zero-order valence-corrected chi connectivity index (χ0v) is 12.0. The maximum atomic E-state index is 12.2. The Morgan fingerprint density at radius 2 is 2.21 bits per heavy atom. The fourth-order valence-electron chi connectivity index (χ4n) is 2.67. The van der Waals surface area contributed by atoms with Gasteiger partial charge in [-0.2, -0.15) is 0 Å². The number of nitrogens with two attached hydrogens (primary N) is 1. The summed E-state index contributed by atoms with van der Waals surface area (Å²) in [6.07, 6.45) is 3.17. The molecule has 2 N–H and O–H groups in total. The van der Waals surface area contributed by atoms with Crippen LogP contribution in [0.2, 0.25) is 0 Å². The van der Waals surface area contributed by atoms with Crippen molar-refractivity contribution in [3.63, 3.8) is 0 Å². The van der Waals surface area contributed by atoms with Crippen molar-refractivity contribution >= 4 is 5.91 Å². The van der Waals surface area contributed by atoms with Gasteiger partial charge < -0.3 is 10.6 Å². The Morgan fingerprint density at radius 1 is 1.47 bits per heavy atom. The first-order valence-corrected chi connectivity index (χ1v) is 6.96. The van der Waals surface area contributed by atoms with Gasteiger partial charge in [-0.3, -0.25) is 9.78 Å². The van der Waals surface area contributed by atoms with Gasteiger partial charge in [0.05, 0.1) is 6.04 Å². The Hall–Kier alpha value is -1.42. The highest BCUT2D eigenvalue weighted by molar-refractivity contribution is 5.78. The average Bonchev–Trinajstić information content (AvgIpc) is 2.35. The number of amides is 1. The maximum Gasteiger partial charge on any atom is 0.223 e. The third-order valence-corrected chi connectivity index (χ3v) is 3.59. The molecule has 2 atom stereocenters. The zero-order chi connectivity index (χ0) is 14.0. The predicted molar refractivity (Wildman–Crippen MR) is 75.5 cm³/mol. The second-order valence-corrected chi connectivity index (χ2v) is 5.82. The number of likely N-dealkylation sites (tertiary alicyclic amines) is 1. The number of piperidine rings is 1. The molecule has 0 aromatic carbocycles. The Bertz CT molecular complexity index is 441. The van der Waals surface area contributed by atoms with Crippen LogP contribution >= 0.6 is 0 Å². The van der Waals surface area contributed by atoms with Crippen LogP contribution in [0.3, 0.4) is 0 Å². The van der Waals surface area contributed by atoms with Gasteiger partial charge in [0.25, 0.3) is 0 Å². The van der Waals surface area contributed by atoms with E-state index in [9.17, 15) is 4.79 Å². The van der Waals surface area contributed by atoms with Gasteiger partial charge in [0.1, 0.15) is 0 Å². The number of pyridine rings is 1. The molecule has 4 nitrogen and oxygen atoms in total. The van der Waals surface area contributed by atoms with Gasteiger partial charge in [-0.05, 0) is 30.9 Å². The SMILES string of the molecule is Cc1ccc(C2C(N)CCC(=O)N2CC(C)C)cn1. The Balaban J connectivity index is 2.30. The Kier molecular flexibility index (Phi) is 4.20. The zero-order valence-electron chi connectivity index (χ0n) is 12.0. The van der Waals surface area contributed by atoms with Gasteiger partial charge in [0, 0.05) is 30.9 Å². The molecule has 0 radical (unpaired) electrons. The molecule has 1 saturated heterocycles. The van der Waals surface area contributed by atoms with Crippen molar-refractivity contribution in [2.24, 2.45) is 11.7 Å². The Morgan fingerprint density at radius 3 is 2.79 bits per heavy atom. The highest BCUT2D eigenvalue weighted by Crippen LogP contribution is 2.31. The van der Waals surface area contributed by atoms with Crippen LogP contribution in [0.4, 0.5) is 0 Å². The topological polar surface area (TPSA) is 59.2 Å². The summed E-state index contributed by atoms with van der Waals surface area (Å²) in [7, 11) is 0. The highest BCUT2D eigenvalue weighted by atomic mass is 16.2. The van der Waals surface area contributed by atoms with Crippen molar-refractivity contribution in [2.45, 2.75) is 45.7 Å². The lowest BCUT2D eigenvalue weighted by atomic mass is 9.90. The molecule has 0 spiro atoms. The Labute approximate surface area is 115 Å². The van der Waals surface area contributed by atoms with E-state index in [1.54, 1.807) is 0 Å². The fraction of sp³-hybridized carbons (Fsp3) is 0.600. The second kappa shape index (κ2) is 5.70. The van der Waals surface area contributed by atoms with Crippen LogP contribution in [0.5, 0.6) is 0 Å². The van der Waals surface area contributed by atoms with Crippen molar-refractivity contribution in [2.75, 3.05) is 6.54 Å². The number of carbonyl (C=O) groups excluding carboxylic acids is 1. The van der Waals surface area contributed by atoms with Crippen LogP contribution in [0, 0.1) is 12.8 Å². The molecule has 0 aliphatic carbocycles. The summed E-state index contributed by atoms with van der Waals surface area (Å²) in [5.74, 6) is 0.649. The lowest BCUT2D eigenvalue weighted by Crippen LogP contribution is -2.50. The van der Waals surface area contributed by atoms with E-state index in [1.165, 1.54) is 0 Å². The summed E-state index contributed by atoms with van der Waals surface area (Å²) in [5.41, 5.74) is 8.29. The largest absolute Gasteiger partial charge is 0.334 e. The molecular weight excluding hydrogens is 238 g/mol. The van der Waals surface area contributed by atoms with Crippen molar-refractivity contribution in [3.8, 4) is 0 Å². The highest BCUT2D eigenvalue weighted by Gasteiger charge is 2.35. The first kappa shape index (κ1) is 14.0. The molecule has 4 heteroatoms. The van der Waals surface area contributed by atoms with E-state index >= 15 is 0 Å². The molecule has 1 fully saturated rings. The van der Waals surface area contributed by atoms with E-state index in [2.05, 4.69) is 18.8 Å². The van der Waals surface area contributed by atoms with Gasteiger partial charge in [-0.15, -0.1) is 0 Å². The summed E-state index contributed by atoms with van der Waals surface area (Å²) in [5, 5.41) is 0. The van der Waals surface area contributed by atoms with E-state index in [1.807, 2.05) is 30.2 Å². The standard InChI is InChI=1S/C15H23N3O/c1-10(2)9-18-14(19)7-6-13(16)15(18)12-5-4-11(3)17-8-12/h4-5,8,10,13,15H,6-7,9,16H2,1-3H3. The monoisotopic (exact) mass is 261 g/mol. The van der Waals surface area contributed by atoms with Crippen LogP contribution in [0.1, 0.15) is 44.0 Å². The lowest BCUT2D eigenvalue weighted by molar-refractivity contribution is -0.138. The van der Waals surface area contributed by atoms with Gasteiger partial charge in [-0.25, -0.2) is 0 Å². The third kappa shape index (κ3) is 3.13. The molecule has 1 aromatic rings. The maximum absolute atomic E-state index is 12.2. The molecule has 2 rings (SSSR count). The van der Waals surface area contributed by atoms with Gasteiger partial charge in [0.2, 0.25) is 5.91 Å². The van der Waals surface area contributed by atoms with Crippen LogP contribution in [-0.2, 0) is 4.79 Å². The summed E-state index contributed by atoms with van der Waals surface area (Å²) < 4.78 is 0. The summed E-state index contributed by atoms with van der Waals surface area (Å²) in [6, 6.07) is 3.99. The second-order valence-electron chi connectivity index (χ2n) is 5.82. The molecule has 0 bridgehead atoms. The van der Waals surface area contributed by atoms with Crippen molar-refractivity contribution in [1.82, 2.24) is 9.88 Å². The van der Waals surface area contributed by atoms with E-state index in [0.29, 0.717) is 12.3 Å². The van der Waals surface area contributed by atoms with Crippen molar-refractivity contribution < 1.29 is 4.79 Å². The molecule has 1 aromatic heterocycles. The van der Waals surface area contributed by atoms with E-state index in [-0.39, 0.29) is 18.0 Å². The number of carbonyl (C=O) groups is 1. The van der Waals surface area contributed by atoms with Crippen LogP contribution in [-0.4, -0.2) is 28.4 Å². The van der Waals surface area contributed by atoms with Crippen molar-refractivity contribution in [1.29, 1.82) is 0 Å².